The predicted octanol–water partition coefficient (Wildman–Crippen LogP) is 7.79. The van der Waals surface area contributed by atoms with Gasteiger partial charge in [-0.25, -0.2) is 0 Å². The first-order valence-corrected chi connectivity index (χ1v) is 10.9. The first-order chi connectivity index (χ1) is 16.7. The third kappa shape index (κ3) is 6.65. The Morgan fingerprint density at radius 1 is 0.353 bits per heavy atom. The molecule has 0 aliphatic carbocycles. The zero-order valence-corrected chi connectivity index (χ0v) is 18.7. The van der Waals surface area contributed by atoms with Crippen molar-refractivity contribution in [3.63, 3.8) is 0 Å². The Bertz CT molecular complexity index is 1190. The van der Waals surface area contributed by atoms with E-state index in [9.17, 15) is 0 Å². The van der Waals surface area contributed by atoms with Gasteiger partial charge in [0.05, 0.1) is 0 Å². The molecule has 5 rings (SSSR count). The number of ether oxygens (including phenoxy) is 2. The maximum absolute atomic E-state index is 5.83. The fourth-order valence-electron chi connectivity index (χ4n) is 3.24. The minimum atomic E-state index is 0.676. The zero-order valence-electron chi connectivity index (χ0n) is 18.7. The summed E-state index contributed by atoms with van der Waals surface area (Å²) < 4.78 is 11.7. The van der Waals surface area contributed by atoms with E-state index in [2.05, 4.69) is 0 Å². The molecule has 0 aliphatic rings. The van der Waals surface area contributed by atoms with Gasteiger partial charge in [-0.05, 0) is 59.7 Å². The van der Waals surface area contributed by atoms with E-state index in [1.807, 2.05) is 121 Å². The largest absolute Gasteiger partial charge is 0.457 e. The first kappa shape index (κ1) is 22.5. The standard InChI is InChI=1S/C24H20N2O2.C6H6/c25-19-3-1-5-23(15-19)27-21-11-7-17(8-12-21)18-9-13-22(14-10-18)28-24-6-2-4-20(26)16-24;1-2-4-6-5-3-1/h1-16H,25-26H2;1-6H. The zero-order chi connectivity index (χ0) is 23.6. The highest BCUT2D eigenvalue weighted by atomic mass is 16.5. The molecule has 4 nitrogen and oxygen atoms in total. The van der Waals surface area contributed by atoms with Crippen LogP contribution >= 0.6 is 0 Å². The van der Waals surface area contributed by atoms with Crippen LogP contribution in [0, 0.1) is 0 Å². The molecule has 0 spiro atoms. The molecular weight excluding hydrogens is 420 g/mol. The SMILES string of the molecule is Nc1cccc(Oc2ccc(-c3ccc(Oc4cccc(N)c4)cc3)cc2)c1.c1ccccc1. The highest BCUT2D eigenvalue weighted by Crippen LogP contribution is 2.29. The van der Waals surface area contributed by atoms with E-state index < -0.39 is 0 Å². The number of anilines is 2. The van der Waals surface area contributed by atoms with E-state index in [1.54, 1.807) is 12.1 Å². The van der Waals surface area contributed by atoms with Gasteiger partial charge in [0.15, 0.2) is 0 Å². The normalized spacial score (nSPS) is 10.0. The van der Waals surface area contributed by atoms with Gasteiger partial charge in [0, 0.05) is 23.5 Å². The number of benzene rings is 5. The van der Waals surface area contributed by atoms with Gasteiger partial charge in [-0.2, -0.15) is 0 Å². The van der Waals surface area contributed by atoms with Crippen LogP contribution in [0.4, 0.5) is 11.4 Å². The topological polar surface area (TPSA) is 70.5 Å². The summed E-state index contributed by atoms with van der Waals surface area (Å²) in [7, 11) is 0. The average Bonchev–Trinajstić information content (AvgIpc) is 2.87. The van der Waals surface area contributed by atoms with Crippen LogP contribution < -0.4 is 20.9 Å². The molecule has 5 aromatic carbocycles. The van der Waals surface area contributed by atoms with Crippen LogP contribution in [0.5, 0.6) is 23.0 Å². The average molecular weight is 447 g/mol. The maximum Gasteiger partial charge on any atom is 0.129 e. The van der Waals surface area contributed by atoms with Crippen LogP contribution in [0.3, 0.4) is 0 Å². The van der Waals surface area contributed by atoms with E-state index in [1.165, 1.54) is 0 Å². The Balaban J connectivity index is 0.000000398. The lowest BCUT2D eigenvalue weighted by Crippen LogP contribution is -1.88. The number of nitrogens with two attached hydrogens (primary N) is 2. The Morgan fingerprint density at radius 2 is 0.706 bits per heavy atom. The van der Waals surface area contributed by atoms with Crippen molar-refractivity contribution in [3.05, 3.63) is 133 Å². The monoisotopic (exact) mass is 446 g/mol. The Morgan fingerprint density at radius 3 is 1.03 bits per heavy atom. The third-order valence-corrected chi connectivity index (χ3v) is 4.90. The first-order valence-electron chi connectivity index (χ1n) is 10.9. The molecular formula is C30H26N2O2. The van der Waals surface area contributed by atoms with E-state index in [-0.39, 0.29) is 0 Å². The second-order valence-corrected chi connectivity index (χ2v) is 7.55. The van der Waals surface area contributed by atoms with Crippen molar-refractivity contribution >= 4 is 11.4 Å². The van der Waals surface area contributed by atoms with Gasteiger partial charge in [-0.15, -0.1) is 0 Å². The molecule has 34 heavy (non-hydrogen) atoms. The Labute approximate surface area is 200 Å². The second kappa shape index (κ2) is 11.2. The molecule has 4 heteroatoms. The van der Waals surface area contributed by atoms with Gasteiger partial charge in [-0.3, -0.25) is 0 Å². The number of rotatable bonds is 5. The summed E-state index contributed by atoms with van der Waals surface area (Å²) in [5, 5.41) is 0. The van der Waals surface area contributed by atoms with Gasteiger partial charge in [0.2, 0.25) is 0 Å². The fraction of sp³-hybridized carbons (Fsp3) is 0. The molecule has 0 unspecified atom stereocenters. The van der Waals surface area contributed by atoms with E-state index in [4.69, 9.17) is 20.9 Å². The van der Waals surface area contributed by atoms with Gasteiger partial charge in [0.25, 0.3) is 0 Å². The second-order valence-electron chi connectivity index (χ2n) is 7.55. The minimum Gasteiger partial charge on any atom is -0.457 e. The van der Waals surface area contributed by atoms with Crippen molar-refractivity contribution in [2.75, 3.05) is 11.5 Å². The van der Waals surface area contributed by atoms with Crippen LogP contribution in [-0.2, 0) is 0 Å². The van der Waals surface area contributed by atoms with E-state index >= 15 is 0 Å². The highest BCUT2D eigenvalue weighted by Gasteiger charge is 2.03. The highest BCUT2D eigenvalue weighted by molar-refractivity contribution is 5.65. The number of hydrogen-bond acceptors (Lipinski definition) is 4. The smallest absolute Gasteiger partial charge is 0.129 e. The van der Waals surface area contributed by atoms with Gasteiger partial charge in [-0.1, -0.05) is 72.8 Å². The van der Waals surface area contributed by atoms with E-state index in [0.717, 1.165) is 34.1 Å². The van der Waals surface area contributed by atoms with Gasteiger partial charge in [0.1, 0.15) is 23.0 Å². The molecule has 5 aromatic rings. The quantitative estimate of drug-likeness (QED) is 0.270. The lowest BCUT2D eigenvalue weighted by molar-refractivity contribution is 0.482. The van der Waals surface area contributed by atoms with Crippen LogP contribution in [0.25, 0.3) is 11.1 Å². The lowest BCUT2D eigenvalue weighted by atomic mass is 10.1. The molecule has 0 atom stereocenters. The summed E-state index contributed by atoms with van der Waals surface area (Å²) >= 11 is 0. The van der Waals surface area contributed by atoms with Gasteiger partial charge >= 0.3 is 0 Å². The summed E-state index contributed by atoms with van der Waals surface area (Å²) in [6.45, 7) is 0. The lowest BCUT2D eigenvalue weighted by Gasteiger charge is -2.09. The third-order valence-electron chi connectivity index (χ3n) is 4.90. The summed E-state index contributed by atoms with van der Waals surface area (Å²) in [4.78, 5) is 0. The molecule has 0 saturated carbocycles. The van der Waals surface area contributed by atoms with Crippen LogP contribution in [0.15, 0.2) is 133 Å². The maximum atomic E-state index is 5.83. The fourth-order valence-corrected chi connectivity index (χ4v) is 3.24. The molecule has 0 fully saturated rings. The van der Waals surface area contributed by atoms with Crippen molar-refractivity contribution < 1.29 is 9.47 Å². The van der Waals surface area contributed by atoms with Crippen molar-refractivity contribution in [1.82, 2.24) is 0 Å². The molecule has 168 valence electrons. The molecule has 0 aromatic heterocycles. The molecule has 4 N–H and O–H groups in total. The van der Waals surface area contributed by atoms with Crippen LogP contribution in [0.1, 0.15) is 0 Å². The van der Waals surface area contributed by atoms with Crippen LogP contribution in [-0.4, -0.2) is 0 Å². The van der Waals surface area contributed by atoms with Crippen molar-refractivity contribution in [2.24, 2.45) is 0 Å². The Kier molecular flexibility index (Phi) is 7.44. The molecule has 0 heterocycles. The minimum absolute atomic E-state index is 0.676. The predicted molar refractivity (Wildman–Crippen MR) is 140 cm³/mol. The summed E-state index contributed by atoms with van der Waals surface area (Å²) in [5.74, 6) is 2.96. The molecule has 0 radical (unpaired) electrons. The summed E-state index contributed by atoms with van der Waals surface area (Å²) in [5.41, 5.74) is 15.1. The van der Waals surface area contributed by atoms with E-state index in [0.29, 0.717) is 11.4 Å². The van der Waals surface area contributed by atoms with Gasteiger partial charge < -0.3 is 20.9 Å². The van der Waals surface area contributed by atoms with Crippen LogP contribution in [0.2, 0.25) is 0 Å². The number of nitrogen functional groups attached to an aromatic ring is 2. The Hall–Kier alpha value is -4.70. The molecule has 0 bridgehead atoms. The number of hydrogen-bond donors (Lipinski definition) is 2. The molecule has 0 saturated heterocycles. The molecule has 0 aliphatic heterocycles. The summed E-state index contributed by atoms with van der Waals surface area (Å²) in [6, 6.07) is 42.6. The van der Waals surface area contributed by atoms with Crippen molar-refractivity contribution in [2.45, 2.75) is 0 Å². The van der Waals surface area contributed by atoms with Crippen molar-refractivity contribution in [1.29, 1.82) is 0 Å². The summed E-state index contributed by atoms with van der Waals surface area (Å²) in [6.07, 6.45) is 0. The van der Waals surface area contributed by atoms with Crippen molar-refractivity contribution in [3.8, 4) is 34.1 Å². The molecule has 0 amide bonds.